The highest BCUT2D eigenvalue weighted by molar-refractivity contribution is 7.15. The summed E-state index contributed by atoms with van der Waals surface area (Å²) in [5.74, 6) is 1.44. The van der Waals surface area contributed by atoms with Crippen LogP contribution < -0.4 is 10.2 Å². The number of thiazole rings is 1. The molecular formula is C26H39N5O3S. The zero-order valence-electron chi connectivity index (χ0n) is 21.1. The number of hydrogen-bond donors (Lipinski definition) is 1. The second kappa shape index (κ2) is 11.4. The number of aryl methyl sites for hydroxylation is 1. The van der Waals surface area contributed by atoms with Gasteiger partial charge in [0.15, 0.2) is 5.13 Å². The number of nitrogens with one attached hydrogen (secondary N) is 1. The molecule has 1 amide bonds. The van der Waals surface area contributed by atoms with E-state index >= 15 is 0 Å². The van der Waals surface area contributed by atoms with E-state index in [0.717, 1.165) is 70.0 Å². The van der Waals surface area contributed by atoms with Crippen molar-refractivity contribution < 1.29 is 14.1 Å². The largest absolute Gasteiger partial charge is 0.380 e. The number of methoxy groups -OCH3 is 1. The molecule has 0 aromatic carbocycles. The summed E-state index contributed by atoms with van der Waals surface area (Å²) in [6.07, 6.45) is 9.86. The summed E-state index contributed by atoms with van der Waals surface area (Å²) in [6, 6.07) is 2.12. The summed E-state index contributed by atoms with van der Waals surface area (Å²) in [4.78, 5) is 23.9. The van der Waals surface area contributed by atoms with E-state index < -0.39 is 0 Å². The summed E-state index contributed by atoms with van der Waals surface area (Å²) in [7, 11) is 1.82. The second-order valence-electron chi connectivity index (χ2n) is 10.5. The summed E-state index contributed by atoms with van der Waals surface area (Å²) in [6.45, 7) is 7.21. The molecule has 9 heteroatoms. The lowest BCUT2D eigenvalue weighted by Crippen LogP contribution is -2.39. The average Bonchev–Trinajstić information content (AvgIpc) is 3.49. The van der Waals surface area contributed by atoms with Crippen LogP contribution >= 0.6 is 11.3 Å². The molecule has 2 fully saturated rings. The molecule has 2 aliphatic heterocycles. The van der Waals surface area contributed by atoms with Crippen LogP contribution in [0.25, 0.3) is 0 Å². The Morgan fingerprint density at radius 2 is 2.11 bits per heavy atom. The Morgan fingerprint density at radius 1 is 1.26 bits per heavy atom. The SMILES string of the molecule is COC1CCCN(c2nc3c(s2)CCN(CCC2CCC(NC(=O)Cc4cc(C)no4)CC2)C3)C1. The van der Waals surface area contributed by atoms with Gasteiger partial charge in [0.2, 0.25) is 5.91 Å². The lowest BCUT2D eigenvalue weighted by Gasteiger charge is -2.32. The molecule has 3 aliphatic rings. The molecular weight excluding hydrogens is 462 g/mol. The maximum atomic E-state index is 12.3. The lowest BCUT2D eigenvalue weighted by molar-refractivity contribution is -0.121. The standard InChI is InChI=1S/C26H39N5O3S/c1-18-14-22(34-29-18)15-25(32)27-20-7-5-19(6-8-20)9-12-30-13-10-24-23(17-30)28-26(35-24)31-11-3-4-21(16-31)33-2/h14,19-21H,3-13,15-17H2,1-2H3,(H,27,32). The van der Waals surface area contributed by atoms with E-state index in [9.17, 15) is 4.79 Å². The number of carbonyl (C=O) groups excluding carboxylic acids is 1. The summed E-state index contributed by atoms with van der Waals surface area (Å²) in [5.41, 5.74) is 2.11. The third-order valence-electron chi connectivity index (χ3n) is 7.85. The first kappa shape index (κ1) is 24.7. The van der Waals surface area contributed by atoms with Crippen molar-refractivity contribution in [2.75, 3.05) is 38.2 Å². The number of amides is 1. The van der Waals surface area contributed by atoms with Gasteiger partial charge in [-0.05, 0) is 70.8 Å². The fourth-order valence-electron chi connectivity index (χ4n) is 5.77. The zero-order chi connectivity index (χ0) is 24.2. The van der Waals surface area contributed by atoms with Crippen molar-refractivity contribution in [2.45, 2.75) is 83.4 Å². The van der Waals surface area contributed by atoms with E-state index in [0.29, 0.717) is 17.9 Å². The van der Waals surface area contributed by atoms with E-state index in [1.807, 2.05) is 31.4 Å². The molecule has 35 heavy (non-hydrogen) atoms. The van der Waals surface area contributed by atoms with Crippen molar-refractivity contribution in [2.24, 2.45) is 5.92 Å². The molecule has 2 aromatic rings. The van der Waals surface area contributed by atoms with Gasteiger partial charge in [-0.25, -0.2) is 4.98 Å². The molecule has 1 atom stereocenters. The molecule has 0 radical (unpaired) electrons. The highest BCUT2D eigenvalue weighted by Gasteiger charge is 2.27. The zero-order valence-corrected chi connectivity index (χ0v) is 21.9. The van der Waals surface area contributed by atoms with Crippen molar-refractivity contribution >= 4 is 22.4 Å². The van der Waals surface area contributed by atoms with Crippen LogP contribution in [0, 0.1) is 12.8 Å². The average molecular weight is 502 g/mol. The predicted molar refractivity (Wildman–Crippen MR) is 137 cm³/mol. The van der Waals surface area contributed by atoms with Crippen LogP contribution in [0.5, 0.6) is 0 Å². The third-order valence-corrected chi connectivity index (χ3v) is 9.07. The van der Waals surface area contributed by atoms with Crippen LogP contribution in [0.1, 0.15) is 67.0 Å². The Bertz CT molecular complexity index is 984. The second-order valence-corrected chi connectivity index (χ2v) is 11.6. The van der Waals surface area contributed by atoms with E-state index in [1.165, 1.54) is 41.4 Å². The fraction of sp³-hybridized carbons (Fsp3) is 0.731. The first-order valence-electron chi connectivity index (χ1n) is 13.3. The minimum absolute atomic E-state index is 0.0404. The number of anilines is 1. The maximum Gasteiger partial charge on any atom is 0.227 e. The van der Waals surface area contributed by atoms with Crippen LogP contribution in [0.3, 0.4) is 0 Å². The van der Waals surface area contributed by atoms with E-state index in [2.05, 4.69) is 20.3 Å². The highest BCUT2D eigenvalue weighted by atomic mass is 32.1. The van der Waals surface area contributed by atoms with Gasteiger partial charge in [0.1, 0.15) is 5.76 Å². The molecule has 2 aromatic heterocycles. The van der Waals surface area contributed by atoms with Crippen molar-refractivity contribution in [1.82, 2.24) is 20.4 Å². The van der Waals surface area contributed by atoms with Gasteiger partial charge in [-0.2, -0.15) is 0 Å². The number of hydrogen-bond acceptors (Lipinski definition) is 8. The molecule has 1 saturated heterocycles. The van der Waals surface area contributed by atoms with Gasteiger partial charge < -0.3 is 19.5 Å². The quantitative estimate of drug-likeness (QED) is 0.590. The monoisotopic (exact) mass is 501 g/mol. The van der Waals surface area contributed by atoms with E-state index in [4.69, 9.17) is 14.2 Å². The third kappa shape index (κ3) is 6.43. The first-order valence-corrected chi connectivity index (χ1v) is 14.1. The van der Waals surface area contributed by atoms with Crippen molar-refractivity contribution in [3.63, 3.8) is 0 Å². The van der Waals surface area contributed by atoms with Crippen molar-refractivity contribution in [3.05, 3.63) is 28.1 Å². The summed E-state index contributed by atoms with van der Waals surface area (Å²) in [5, 5.41) is 8.24. The number of carbonyl (C=O) groups is 1. The highest BCUT2D eigenvalue weighted by Crippen LogP contribution is 2.33. The molecule has 1 N–H and O–H groups in total. The minimum Gasteiger partial charge on any atom is -0.380 e. The van der Waals surface area contributed by atoms with Crippen LogP contribution in [-0.4, -0.2) is 66.4 Å². The molecule has 1 aliphatic carbocycles. The first-order chi connectivity index (χ1) is 17.1. The van der Waals surface area contributed by atoms with Crippen LogP contribution in [-0.2, 0) is 28.9 Å². The van der Waals surface area contributed by atoms with E-state index in [1.54, 1.807) is 0 Å². The predicted octanol–water partition coefficient (Wildman–Crippen LogP) is 3.72. The Kier molecular flexibility index (Phi) is 8.04. The molecule has 0 bridgehead atoms. The van der Waals surface area contributed by atoms with Gasteiger partial charge in [-0.1, -0.05) is 5.16 Å². The smallest absolute Gasteiger partial charge is 0.227 e. The van der Waals surface area contributed by atoms with Gasteiger partial charge in [0, 0.05) is 50.3 Å². The van der Waals surface area contributed by atoms with Crippen LogP contribution in [0.2, 0.25) is 0 Å². The Balaban J connectivity index is 1.03. The van der Waals surface area contributed by atoms with Gasteiger partial charge >= 0.3 is 0 Å². The number of ether oxygens (including phenoxy) is 1. The number of rotatable bonds is 8. The van der Waals surface area contributed by atoms with Gasteiger partial charge in [0.25, 0.3) is 0 Å². The fourth-order valence-corrected chi connectivity index (χ4v) is 6.86. The van der Waals surface area contributed by atoms with E-state index in [-0.39, 0.29) is 12.3 Å². The molecule has 8 nitrogen and oxygen atoms in total. The van der Waals surface area contributed by atoms with Gasteiger partial charge in [0.05, 0.1) is 23.9 Å². The van der Waals surface area contributed by atoms with Crippen molar-refractivity contribution in [1.29, 1.82) is 0 Å². The molecule has 5 rings (SSSR count). The number of fused-ring (bicyclic) bond motifs is 1. The Labute approximate surface area is 212 Å². The number of piperidine rings is 1. The number of nitrogens with zero attached hydrogens (tertiary/aromatic N) is 4. The topological polar surface area (TPSA) is 83.7 Å². The van der Waals surface area contributed by atoms with Gasteiger partial charge in [-0.15, -0.1) is 11.3 Å². The normalized spacial score (nSPS) is 25.4. The van der Waals surface area contributed by atoms with Crippen molar-refractivity contribution in [3.8, 4) is 0 Å². The Morgan fingerprint density at radius 3 is 2.89 bits per heavy atom. The minimum atomic E-state index is 0.0404. The Hall–Kier alpha value is -1.97. The summed E-state index contributed by atoms with van der Waals surface area (Å²) < 4.78 is 10.8. The molecule has 1 saturated carbocycles. The van der Waals surface area contributed by atoms with Gasteiger partial charge in [-0.3, -0.25) is 9.69 Å². The lowest BCUT2D eigenvalue weighted by atomic mass is 9.84. The number of aromatic nitrogens is 2. The molecule has 0 spiro atoms. The molecule has 1 unspecified atom stereocenters. The summed E-state index contributed by atoms with van der Waals surface area (Å²) >= 11 is 1.90. The molecule has 192 valence electrons. The maximum absolute atomic E-state index is 12.3. The molecule has 4 heterocycles. The van der Waals surface area contributed by atoms with Crippen LogP contribution in [0.15, 0.2) is 10.6 Å². The van der Waals surface area contributed by atoms with Crippen LogP contribution in [0.4, 0.5) is 5.13 Å².